The molecule has 5 rings (SSSR count). The zero-order valence-electron chi connectivity index (χ0n) is 24.7. The molecule has 224 valence electrons. The molecule has 2 aromatic heterocycles. The van der Waals surface area contributed by atoms with Gasteiger partial charge in [0.15, 0.2) is 5.13 Å². The second kappa shape index (κ2) is 13.3. The van der Waals surface area contributed by atoms with E-state index in [2.05, 4.69) is 25.2 Å². The minimum Gasteiger partial charge on any atom is -0.496 e. The van der Waals surface area contributed by atoms with Gasteiger partial charge in [-0.05, 0) is 44.4 Å². The largest absolute Gasteiger partial charge is 0.496 e. The van der Waals surface area contributed by atoms with E-state index in [1.54, 1.807) is 42.7 Å². The van der Waals surface area contributed by atoms with Crippen LogP contribution in [0.1, 0.15) is 41.5 Å². The van der Waals surface area contributed by atoms with E-state index in [0.717, 1.165) is 45.0 Å². The van der Waals surface area contributed by atoms with Crippen molar-refractivity contribution in [1.29, 1.82) is 0 Å². The summed E-state index contributed by atoms with van der Waals surface area (Å²) in [5, 5.41) is 4.08. The number of benzene rings is 1. The zero-order valence-corrected chi connectivity index (χ0v) is 26.3. The molecule has 42 heavy (non-hydrogen) atoms. The van der Waals surface area contributed by atoms with Crippen molar-refractivity contribution >= 4 is 51.7 Å². The summed E-state index contributed by atoms with van der Waals surface area (Å²) in [7, 11) is 3.31. The molecule has 0 aliphatic carbocycles. The molecular weight excluding hydrogens is 574 g/mol. The molecule has 0 unspecified atom stereocenters. The summed E-state index contributed by atoms with van der Waals surface area (Å²) in [4.78, 5) is 45.8. The molecule has 2 amide bonds. The number of carbonyl (C=O) groups excluding carboxylic acids is 2. The Morgan fingerprint density at radius 1 is 1.07 bits per heavy atom. The maximum absolute atomic E-state index is 13.5. The van der Waals surface area contributed by atoms with Crippen LogP contribution in [0.25, 0.3) is 0 Å². The van der Waals surface area contributed by atoms with Gasteiger partial charge >= 0.3 is 0 Å². The number of aromatic nitrogens is 3. The lowest BCUT2D eigenvalue weighted by Gasteiger charge is -2.34. The van der Waals surface area contributed by atoms with Crippen LogP contribution in [-0.2, 0) is 9.53 Å². The lowest BCUT2D eigenvalue weighted by molar-refractivity contribution is -0.130. The second-order valence-corrected chi connectivity index (χ2v) is 12.8. The minimum absolute atomic E-state index is 0.0321. The van der Waals surface area contributed by atoms with Crippen LogP contribution in [0.15, 0.2) is 33.5 Å². The maximum atomic E-state index is 13.5. The van der Waals surface area contributed by atoms with Gasteiger partial charge in [0.1, 0.15) is 23.2 Å². The highest BCUT2D eigenvalue weighted by molar-refractivity contribution is 8.01. The third-order valence-corrected chi connectivity index (χ3v) is 9.70. The van der Waals surface area contributed by atoms with Crippen LogP contribution in [0.4, 0.5) is 16.8 Å². The summed E-state index contributed by atoms with van der Waals surface area (Å²) in [5.74, 6) is 2.77. The highest BCUT2D eigenvalue weighted by Gasteiger charge is 2.27. The molecule has 2 saturated heterocycles. The van der Waals surface area contributed by atoms with E-state index in [1.807, 2.05) is 38.2 Å². The van der Waals surface area contributed by atoms with Crippen LogP contribution < -0.4 is 15.0 Å². The SMILES string of the molecule is COC[C@H]1CCCN1c1cc(Nc2ncc(Sc3cc(C(=O)N4CCN(C(C)=O)CC4)c(OC)cc3C)s2)nc(C)n1. The number of amides is 2. The summed E-state index contributed by atoms with van der Waals surface area (Å²) >= 11 is 3.08. The fourth-order valence-corrected chi connectivity index (χ4v) is 7.30. The molecule has 13 heteroatoms. The summed E-state index contributed by atoms with van der Waals surface area (Å²) in [6.45, 7) is 9.14. The molecule has 0 saturated carbocycles. The van der Waals surface area contributed by atoms with Gasteiger partial charge in [-0.25, -0.2) is 15.0 Å². The van der Waals surface area contributed by atoms with E-state index in [9.17, 15) is 9.59 Å². The summed E-state index contributed by atoms with van der Waals surface area (Å²) in [6.07, 6.45) is 4.02. The standard InChI is InChI=1S/C29H37N7O4S2/c1-18-13-23(40-5)22(28(38)35-11-9-34(10-12-35)20(3)37)14-24(18)41-27-16-30-29(42-27)33-25-15-26(32-19(2)31-25)36-8-6-7-21(36)17-39-4/h13-16,21H,6-12,17H2,1-5H3,(H,30,31,32,33)/t21-/m1/s1. The van der Waals surface area contributed by atoms with Gasteiger partial charge in [0.05, 0.1) is 35.7 Å². The van der Waals surface area contributed by atoms with Gasteiger partial charge in [-0.15, -0.1) is 0 Å². The van der Waals surface area contributed by atoms with E-state index < -0.39 is 0 Å². The first-order valence-corrected chi connectivity index (χ1v) is 15.6. The Balaban J connectivity index is 1.30. The number of hydrogen-bond donors (Lipinski definition) is 1. The maximum Gasteiger partial charge on any atom is 0.257 e. The number of methoxy groups -OCH3 is 2. The van der Waals surface area contributed by atoms with Crippen LogP contribution in [0.5, 0.6) is 5.75 Å². The van der Waals surface area contributed by atoms with E-state index in [4.69, 9.17) is 9.47 Å². The fraction of sp³-hybridized carbons (Fsp3) is 0.483. The van der Waals surface area contributed by atoms with Crippen molar-refractivity contribution < 1.29 is 19.1 Å². The Morgan fingerprint density at radius 3 is 2.55 bits per heavy atom. The van der Waals surface area contributed by atoms with Crippen molar-refractivity contribution in [3.63, 3.8) is 0 Å². The van der Waals surface area contributed by atoms with Gasteiger partial charge in [-0.1, -0.05) is 23.1 Å². The molecule has 3 aromatic rings. The molecule has 1 aromatic carbocycles. The monoisotopic (exact) mass is 611 g/mol. The quantitative estimate of drug-likeness (QED) is 0.374. The molecule has 0 bridgehead atoms. The predicted molar refractivity (Wildman–Crippen MR) is 164 cm³/mol. The van der Waals surface area contributed by atoms with E-state index in [0.29, 0.717) is 61.8 Å². The Kier molecular flexibility index (Phi) is 9.49. The topological polar surface area (TPSA) is 113 Å². The number of anilines is 3. The summed E-state index contributed by atoms with van der Waals surface area (Å²) < 4.78 is 12.0. The second-order valence-electron chi connectivity index (χ2n) is 10.4. The Labute approximate surface area is 254 Å². The number of aryl methyl sites for hydroxylation is 2. The highest BCUT2D eigenvalue weighted by Crippen LogP contribution is 2.39. The van der Waals surface area contributed by atoms with Gasteiger partial charge in [0.2, 0.25) is 5.91 Å². The van der Waals surface area contributed by atoms with Gasteiger partial charge in [0.25, 0.3) is 5.91 Å². The Hall–Kier alpha value is -3.42. The smallest absolute Gasteiger partial charge is 0.257 e. The van der Waals surface area contributed by atoms with Crippen LogP contribution in [0.3, 0.4) is 0 Å². The fourth-order valence-electron chi connectivity index (χ4n) is 5.35. The lowest BCUT2D eigenvalue weighted by atomic mass is 10.1. The molecule has 2 aliphatic rings. The van der Waals surface area contributed by atoms with Gasteiger partial charge < -0.3 is 29.5 Å². The number of rotatable bonds is 9. The van der Waals surface area contributed by atoms with Gasteiger partial charge in [0, 0.05) is 57.7 Å². The van der Waals surface area contributed by atoms with E-state index in [1.165, 1.54) is 11.3 Å². The lowest BCUT2D eigenvalue weighted by Crippen LogP contribution is -2.50. The number of carbonyl (C=O) groups is 2. The van der Waals surface area contributed by atoms with Crippen molar-refractivity contribution in [2.24, 2.45) is 0 Å². The van der Waals surface area contributed by atoms with Crippen LogP contribution in [-0.4, -0.2) is 96.2 Å². The number of ether oxygens (including phenoxy) is 2. The zero-order chi connectivity index (χ0) is 29.8. The van der Waals surface area contributed by atoms with E-state index >= 15 is 0 Å². The third kappa shape index (κ3) is 6.79. The van der Waals surface area contributed by atoms with Gasteiger partial charge in [-0.2, -0.15) is 0 Å². The molecule has 4 heterocycles. The molecule has 1 atom stereocenters. The Morgan fingerprint density at radius 2 is 1.83 bits per heavy atom. The van der Waals surface area contributed by atoms with E-state index in [-0.39, 0.29) is 11.8 Å². The average molecular weight is 612 g/mol. The number of nitrogens with zero attached hydrogens (tertiary/aromatic N) is 6. The summed E-state index contributed by atoms with van der Waals surface area (Å²) in [6, 6.07) is 6.09. The van der Waals surface area contributed by atoms with Crippen LogP contribution in [0, 0.1) is 13.8 Å². The molecule has 0 radical (unpaired) electrons. The number of nitrogens with one attached hydrogen (secondary N) is 1. The molecule has 0 spiro atoms. The van der Waals surface area contributed by atoms with Crippen LogP contribution >= 0.6 is 23.1 Å². The van der Waals surface area contributed by atoms with Crippen LogP contribution in [0.2, 0.25) is 0 Å². The van der Waals surface area contributed by atoms with Gasteiger partial charge in [-0.3, -0.25) is 9.59 Å². The Bertz CT molecular complexity index is 1440. The first-order chi connectivity index (χ1) is 20.2. The molecule has 2 aliphatic heterocycles. The molecule has 11 nitrogen and oxygen atoms in total. The van der Waals surface area contributed by atoms with Crippen molar-refractivity contribution in [3.8, 4) is 5.75 Å². The number of thiazole rings is 1. The normalized spacial score (nSPS) is 17.1. The van der Waals surface area contributed by atoms with Crippen molar-refractivity contribution in [3.05, 3.63) is 41.3 Å². The number of hydrogen-bond acceptors (Lipinski definition) is 11. The molecule has 1 N–H and O–H groups in total. The first-order valence-electron chi connectivity index (χ1n) is 14.0. The van der Waals surface area contributed by atoms with Crippen molar-refractivity contribution in [2.45, 2.75) is 48.8 Å². The predicted octanol–water partition coefficient (Wildman–Crippen LogP) is 4.37. The highest BCUT2D eigenvalue weighted by atomic mass is 32.2. The number of piperazine rings is 1. The van der Waals surface area contributed by atoms with Crippen molar-refractivity contribution in [1.82, 2.24) is 24.8 Å². The first kappa shape index (κ1) is 30.1. The molecular formula is C29H37N7O4S2. The summed E-state index contributed by atoms with van der Waals surface area (Å²) in [5.41, 5.74) is 1.52. The van der Waals surface area contributed by atoms with Crippen molar-refractivity contribution in [2.75, 3.05) is 63.8 Å². The minimum atomic E-state index is -0.0933. The molecule has 2 fully saturated rings. The average Bonchev–Trinajstić information content (AvgIpc) is 3.63. The third-order valence-electron chi connectivity index (χ3n) is 7.52.